The van der Waals surface area contributed by atoms with E-state index in [9.17, 15) is 4.79 Å². The van der Waals surface area contributed by atoms with E-state index in [0.29, 0.717) is 0 Å². The van der Waals surface area contributed by atoms with Gasteiger partial charge in [-0.1, -0.05) is 0 Å². The van der Waals surface area contributed by atoms with Crippen molar-refractivity contribution in [2.45, 2.75) is 0 Å². The van der Waals surface area contributed by atoms with Crippen LogP contribution in [0, 0.1) is 0 Å². The number of carboxylic acid groups (broad SMARTS) is 1. The second kappa shape index (κ2) is 2.94. The van der Waals surface area contributed by atoms with Crippen LogP contribution in [-0.4, -0.2) is 25.8 Å². The Morgan fingerprint density at radius 1 is 1.40 bits per heavy atom. The van der Waals surface area contributed by atoms with Crippen LogP contribution in [0.1, 0.15) is 0 Å². The van der Waals surface area contributed by atoms with E-state index < -0.39 is 19.9 Å². The molecule has 0 spiro atoms. The predicted octanol–water partition coefficient (Wildman–Crippen LogP) is -1.01. The third kappa shape index (κ3) is 4.22. The Bertz CT molecular complexity index is 157. The summed E-state index contributed by atoms with van der Waals surface area (Å²) in [6.07, 6.45) is 0. The summed E-state index contributed by atoms with van der Waals surface area (Å²) in [6, 6.07) is 0. The third-order valence-corrected chi connectivity index (χ3v) is 1.02. The fraction of sp³-hybridized carbons (Fsp3) is 0. The summed E-state index contributed by atoms with van der Waals surface area (Å²) in [6.45, 7) is 2.77. The SMILES string of the molecule is C=C(O[PH](O)(O)O)C(=O)O. The number of hydrogen-bond donors (Lipinski definition) is 4. The maximum absolute atomic E-state index is 9.84. The monoisotopic (exact) mass is 170 g/mol. The summed E-state index contributed by atoms with van der Waals surface area (Å²) in [7, 11) is -4.76. The summed E-state index contributed by atoms with van der Waals surface area (Å²) in [5.74, 6) is -2.46. The number of rotatable bonds is 3. The summed E-state index contributed by atoms with van der Waals surface area (Å²) in [5.41, 5.74) is 0. The first-order valence-corrected chi connectivity index (χ1v) is 3.86. The zero-order chi connectivity index (χ0) is 8.36. The molecule has 0 aromatic rings. The normalized spacial score (nSPS) is 12.3. The molecule has 0 heterocycles. The Kier molecular flexibility index (Phi) is 2.74. The first kappa shape index (κ1) is 9.32. The Morgan fingerprint density at radius 3 is 1.90 bits per heavy atom. The Balaban J connectivity index is 3.93. The van der Waals surface area contributed by atoms with Gasteiger partial charge in [0.05, 0.1) is 0 Å². The predicted molar refractivity (Wildman–Crippen MR) is 32.8 cm³/mol. The molecule has 0 saturated carbocycles. The Labute approximate surface area is 56.7 Å². The minimum absolute atomic E-state index is 0.904. The summed E-state index contributed by atoms with van der Waals surface area (Å²) in [5, 5.41) is 8.01. The molecule has 7 heteroatoms. The van der Waals surface area contributed by atoms with Gasteiger partial charge in [0.1, 0.15) is 0 Å². The van der Waals surface area contributed by atoms with Gasteiger partial charge in [-0.25, -0.2) is 0 Å². The molecule has 0 rings (SSSR count). The molecule has 0 bridgehead atoms. The zero-order valence-electron chi connectivity index (χ0n) is 4.81. The molecule has 4 N–H and O–H groups in total. The first-order chi connectivity index (χ1) is 4.33. The van der Waals surface area contributed by atoms with Crippen LogP contribution >= 0.6 is 8.17 Å². The molecule has 0 aromatic carbocycles. The van der Waals surface area contributed by atoms with E-state index in [4.69, 9.17) is 19.8 Å². The van der Waals surface area contributed by atoms with Gasteiger partial charge in [0.25, 0.3) is 0 Å². The van der Waals surface area contributed by atoms with E-state index in [1.165, 1.54) is 0 Å². The molecule has 0 amide bonds. The fourth-order valence-electron chi connectivity index (χ4n) is 0.209. The van der Waals surface area contributed by atoms with Gasteiger partial charge in [-0.15, -0.1) is 0 Å². The van der Waals surface area contributed by atoms with E-state index in [0.717, 1.165) is 0 Å². The van der Waals surface area contributed by atoms with E-state index >= 15 is 0 Å². The zero-order valence-corrected chi connectivity index (χ0v) is 5.81. The Morgan fingerprint density at radius 2 is 1.80 bits per heavy atom. The second-order valence-corrected chi connectivity index (χ2v) is 2.76. The number of carbonyl (C=O) groups is 1. The topological polar surface area (TPSA) is 107 Å². The van der Waals surface area contributed by atoms with Crippen LogP contribution in [0.3, 0.4) is 0 Å². The standard InChI is InChI=1S/C3H7O6P/c1-2(3(4)5)9-10(6,7)8/h6-8,10H,1H2,(H,4,5). The molecule has 0 atom stereocenters. The average molecular weight is 170 g/mol. The molecular weight excluding hydrogens is 163 g/mol. The fourth-order valence-corrected chi connectivity index (χ4v) is 0.627. The summed E-state index contributed by atoms with van der Waals surface area (Å²) < 4.78 is 3.71. The van der Waals surface area contributed by atoms with Gasteiger partial charge < -0.3 is 0 Å². The van der Waals surface area contributed by atoms with Crippen molar-refractivity contribution in [2.24, 2.45) is 0 Å². The molecule has 60 valence electrons. The first-order valence-electron chi connectivity index (χ1n) is 2.11. The van der Waals surface area contributed by atoms with Crippen molar-refractivity contribution >= 4 is 14.1 Å². The third-order valence-electron chi connectivity index (χ3n) is 0.499. The van der Waals surface area contributed by atoms with Crippen molar-refractivity contribution in [3.8, 4) is 0 Å². The summed E-state index contributed by atoms with van der Waals surface area (Å²) >= 11 is 0. The molecule has 6 nitrogen and oxygen atoms in total. The molecule has 0 aliphatic rings. The molecule has 10 heavy (non-hydrogen) atoms. The van der Waals surface area contributed by atoms with Crippen molar-refractivity contribution in [3.05, 3.63) is 12.3 Å². The quantitative estimate of drug-likeness (QED) is 0.245. The van der Waals surface area contributed by atoms with Crippen LogP contribution in [0.4, 0.5) is 0 Å². The van der Waals surface area contributed by atoms with Gasteiger partial charge in [0.15, 0.2) is 0 Å². The van der Waals surface area contributed by atoms with Crippen molar-refractivity contribution in [1.82, 2.24) is 0 Å². The van der Waals surface area contributed by atoms with Gasteiger partial charge in [-0.05, 0) is 0 Å². The van der Waals surface area contributed by atoms with Gasteiger partial charge >= 0.3 is 55.6 Å². The van der Waals surface area contributed by atoms with Crippen molar-refractivity contribution < 1.29 is 29.1 Å². The molecule has 0 saturated heterocycles. The van der Waals surface area contributed by atoms with E-state index in [-0.39, 0.29) is 0 Å². The van der Waals surface area contributed by atoms with Crippen molar-refractivity contribution in [2.75, 3.05) is 0 Å². The van der Waals surface area contributed by atoms with Crippen LogP contribution in [0.2, 0.25) is 0 Å². The van der Waals surface area contributed by atoms with Crippen LogP contribution in [0.15, 0.2) is 12.3 Å². The van der Waals surface area contributed by atoms with Crippen LogP contribution in [-0.2, 0) is 9.32 Å². The van der Waals surface area contributed by atoms with E-state index in [1.54, 1.807) is 0 Å². The van der Waals surface area contributed by atoms with Crippen LogP contribution in [0.25, 0.3) is 0 Å². The average Bonchev–Trinajstić information content (AvgIpc) is 1.60. The molecule has 0 aliphatic carbocycles. The molecule has 0 radical (unpaired) electrons. The molecule has 0 aromatic heterocycles. The summed E-state index contributed by atoms with van der Waals surface area (Å²) in [4.78, 5) is 34.3. The minimum atomic E-state index is -4.76. The molecular formula is C3H7O6P. The molecule has 0 aliphatic heterocycles. The number of hydrogen-bond acceptors (Lipinski definition) is 5. The Hall–Kier alpha value is -0.680. The van der Waals surface area contributed by atoms with Crippen molar-refractivity contribution in [1.29, 1.82) is 0 Å². The maximum atomic E-state index is 9.84. The molecule has 0 fully saturated rings. The van der Waals surface area contributed by atoms with E-state index in [1.807, 2.05) is 0 Å². The number of aliphatic carboxylic acids is 1. The second-order valence-electron chi connectivity index (χ2n) is 1.40. The van der Waals surface area contributed by atoms with Gasteiger partial charge in [-0.3, -0.25) is 0 Å². The van der Waals surface area contributed by atoms with Gasteiger partial charge in [0.2, 0.25) is 0 Å². The van der Waals surface area contributed by atoms with Crippen LogP contribution in [0.5, 0.6) is 0 Å². The molecule has 0 unspecified atom stereocenters. The van der Waals surface area contributed by atoms with Gasteiger partial charge in [-0.2, -0.15) is 0 Å². The van der Waals surface area contributed by atoms with Crippen LogP contribution < -0.4 is 0 Å². The number of carboxylic acids is 1. The van der Waals surface area contributed by atoms with Gasteiger partial charge in [0, 0.05) is 0 Å². The van der Waals surface area contributed by atoms with Crippen molar-refractivity contribution in [3.63, 3.8) is 0 Å². The van der Waals surface area contributed by atoms with E-state index in [2.05, 4.69) is 11.1 Å².